The number of aliphatic hydroxyl groups is 1. The zero-order chi connectivity index (χ0) is 12.4. The predicted octanol–water partition coefficient (Wildman–Crippen LogP) is 0.715. The molecule has 0 aliphatic carbocycles. The Hall–Kier alpha value is -0.910. The van der Waals surface area contributed by atoms with Gasteiger partial charge in [-0.3, -0.25) is 4.79 Å². The topological polar surface area (TPSA) is 52.6 Å². The zero-order valence-corrected chi connectivity index (χ0v) is 11.0. The van der Waals surface area contributed by atoms with Gasteiger partial charge in [0.05, 0.1) is 17.0 Å². The van der Waals surface area contributed by atoms with E-state index in [1.165, 1.54) is 16.2 Å². The molecule has 0 aromatic carbocycles. The van der Waals surface area contributed by atoms with Crippen molar-refractivity contribution in [2.75, 3.05) is 20.1 Å². The number of hydrogen-bond donors (Lipinski definition) is 2. The summed E-state index contributed by atoms with van der Waals surface area (Å²) in [5, 5.41) is 12.8. The second-order valence-corrected chi connectivity index (χ2v) is 5.50. The minimum atomic E-state index is -0.463. The normalized spacial score (nSPS) is 23.9. The van der Waals surface area contributed by atoms with Crippen LogP contribution in [0, 0.1) is 0 Å². The van der Waals surface area contributed by atoms with Crippen molar-refractivity contribution in [3.05, 3.63) is 21.9 Å². The third-order valence-electron chi connectivity index (χ3n) is 3.19. The van der Waals surface area contributed by atoms with E-state index in [-0.39, 0.29) is 11.9 Å². The molecule has 0 radical (unpaired) electrons. The Kier molecular flexibility index (Phi) is 3.81. The molecule has 17 heavy (non-hydrogen) atoms. The molecular formula is C12H18N2O2S. The number of likely N-dealkylation sites (N-methyl/N-ethyl adjacent to an activating group) is 1. The first-order valence-electron chi connectivity index (χ1n) is 5.88. The molecule has 2 rings (SSSR count). The van der Waals surface area contributed by atoms with E-state index in [0.29, 0.717) is 13.1 Å². The molecule has 0 spiro atoms. The summed E-state index contributed by atoms with van der Waals surface area (Å²) in [4.78, 5) is 15.8. The van der Waals surface area contributed by atoms with Crippen molar-refractivity contribution in [3.63, 3.8) is 0 Å². The van der Waals surface area contributed by atoms with Crippen LogP contribution in [0.15, 0.2) is 12.1 Å². The Morgan fingerprint density at radius 1 is 1.59 bits per heavy atom. The number of rotatable bonds is 3. The minimum absolute atomic E-state index is 0.00227. The van der Waals surface area contributed by atoms with Gasteiger partial charge in [0.15, 0.2) is 0 Å². The third kappa shape index (κ3) is 2.51. The smallest absolute Gasteiger partial charge is 0.264 e. The summed E-state index contributed by atoms with van der Waals surface area (Å²) >= 11 is 1.54. The third-order valence-corrected chi connectivity index (χ3v) is 4.41. The van der Waals surface area contributed by atoms with Crippen molar-refractivity contribution in [2.24, 2.45) is 0 Å². The van der Waals surface area contributed by atoms with Gasteiger partial charge in [-0.25, -0.2) is 0 Å². The maximum Gasteiger partial charge on any atom is 0.264 e. The maximum absolute atomic E-state index is 12.2. The summed E-state index contributed by atoms with van der Waals surface area (Å²) in [6, 6.07) is 3.75. The lowest BCUT2D eigenvalue weighted by molar-refractivity contribution is 0.0585. The molecule has 2 N–H and O–H groups in total. The summed E-state index contributed by atoms with van der Waals surface area (Å²) in [5.74, 6) is 0.00227. The minimum Gasteiger partial charge on any atom is -0.390 e. The number of carbonyl (C=O) groups excluding carboxylic acids is 1. The number of aliphatic hydroxyl groups excluding tert-OH is 1. The summed E-state index contributed by atoms with van der Waals surface area (Å²) < 4.78 is 0. The van der Waals surface area contributed by atoms with E-state index in [1.54, 1.807) is 11.9 Å². The number of amides is 1. The van der Waals surface area contributed by atoms with Gasteiger partial charge in [-0.05, 0) is 18.6 Å². The highest BCUT2D eigenvalue weighted by Crippen LogP contribution is 2.20. The van der Waals surface area contributed by atoms with Crippen LogP contribution in [0.2, 0.25) is 0 Å². The number of nitrogens with one attached hydrogen (secondary N) is 1. The summed E-state index contributed by atoms with van der Waals surface area (Å²) in [6.45, 7) is 3.30. The fraction of sp³-hybridized carbons (Fsp3) is 0.583. The molecule has 1 fully saturated rings. The molecular weight excluding hydrogens is 236 g/mol. The molecule has 5 heteroatoms. The lowest BCUT2D eigenvalue weighted by atomic mass is 10.2. The molecule has 1 aromatic heterocycles. The van der Waals surface area contributed by atoms with Crippen molar-refractivity contribution in [1.29, 1.82) is 0 Å². The van der Waals surface area contributed by atoms with Gasteiger partial charge in [-0.15, -0.1) is 11.3 Å². The van der Waals surface area contributed by atoms with Crippen molar-refractivity contribution >= 4 is 17.2 Å². The molecule has 1 saturated heterocycles. The number of aryl methyl sites for hydroxylation is 1. The van der Waals surface area contributed by atoms with Gasteiger partial charge in [0.25, 0.3) is 5.91 Å². The number of carbonyl (C=O) groups is 1. The van der Waals surface area contributed by atoms with Crippen molar-refractivity contribution in [1.82, 2.24) is 10.2 Å². The van der Waals surface area contributed by atoms with Crippen LogP contribution in [0.1, 0.15) is 21.5 Å². The van der Waals surface area contributed by atoms with Crippen LogP contribution >= 0.6 is 11.3 Å². The first-order valence-corrected chi connectivity index (χ1v) is 6.69. The van der Waals surface area contributed by atoms with Gasteiger partial charge >= 0.3 is 0 Å². The molecule has 4 nitrogen and oxygen atoms in total. The SMILES string of the molecule is CCc1ccc(C(=O)N(C)[C@H]2CNC[C@@H]2O)s1. The van der Waals surface area contributed by atoms with Crippen LogP contribution in [0.3, 0.4) is 0 Å². The Morgan fingerprint density at radius 2 is 2.35 bits per heavy atom. The molecule has 0 saturated carbocycles. The van der Waals surface area contributed by atoms with E-state index in [0.717, 1.165) is 11.3 Å². The van der Waals surface area contributed by atoms with Gasteiger partial charge in [-0.2, -0.15) is 0 Å². The highest BCUT2D eigenvalue weighted by Gasteiger charge is 2.31. The van der Waals surface area contributed by atoms with Crippen LogP contribution in [-0.2, 0) is 6.42 Å². The highest BCUT2D eigenvalue weighted by molar-refractivity contribution is 7.14. The van der Waals surface area contributed by atoms with Gasteiger partial charge in [0.1, 0.15) is 0 Å². The molecule has 1 aliphatic rings. The Labute approximate surface area is 105 Å². The largest absolute Gasteiger partial charge is 0.390 e. The number of β-amino-alcohol motifs (C(OH)–C–C–N with tert-alkyl or cyclic N) is 1. The van der Waals surface area contributed by atoms with Gasteiger partial charge in [0, 0.05) is 25.0 Å². The molecule has 2 atom stereocenters. The monoisotopic (exact) mass is 254 g/mol. The van der Waals surface area contributed by atoms with E-state index in [4.69, 9.17) is 0 Å². The van der Waals surface area contributed by atoms with Crippen LogP contribution in [0.4, 0.5) is 0 Å². The van der Waals surface area contributed by atoms with E-state index >= 15 is 0 Å². The van der Waals surface area contributed by atoms with Gasteiger partial charge < -0.3 is 15.3 Å². The Morgan fingerprint density at radius 3 is 2.88 bits per heavy atom. The van der Waals surface area contributed by atoms with E-state index in [1.807, 2.05) is 12.1 Å². The molecule has 2 heterocycles. The average Bonchev–Trinajstić information content (AvgIpc) is 2.95. The Balaban J connectivity index is 2.08. The number of hydrogen-bond acceptors (Lipinski definition) is 4. The first kappa shape index (κ1) is 12.5. The lowest BCUT2D eigenvalue weighted by Crippen LogP contribution is -2.44. The maximum atomic E-state index is 12.2. The van der Waals surface area contributed by atoms with Crippen molar-refractivity contribution < 1.29 is 9.90 Å². The second-order valence-electron chi connectivity index (χ2n) is 4.33. The van der Waals surface area contributed by atoms with Gasteiger partial charge in [0.2, 0.25) is 0 Å². The second kappa shape index (κ2) is 5.16. The van der Waals surface area contributed by atoms with Crippen LogP contribution in [0.5, 0.6) is 0 Å². The summed E-state index contributed by atoms with van der Waals surface area (Å²) in [7, 11) is 1.76. The highest BCUT2D eigenvalue weighted by atomic mass is 32.1. The molecule has 0 unspecified atom stereocenters. The molecule has 1 aliphatic heterocycles. The van der Waals surface area contributed by atoms with Gasteiger partial charge in [-0.1, -0.05) is 6.92 Å². The molecule has 1 amide bonds. The van der Waals surface area contributed by atoms with E-state index in [9.17, 15) is 9.90 Å². The lowest BCUT2D eigenvalue weighted by Gasteiger charge is -2.25. The molecule has 1 aromatic rings. The standard InChI is InChI=1S/C12H18N2O2S/c1-3-8-4-5-11(17-8)12(16)14(2)9-6-13-7-10(9)15/h4-5,9-10,13,15H,3,6-7H2,1-2H3/t9-,10-/m0/s1. The fourth-order valence-electron chi connectivity index (χ4n) is 2.05. The van der Waals surface area contributed by atoms with Crippen LogP contribution < -0.4 is 5.32 Å². The molecule has 94 valence electrons. The summed E-state index contributed by atoms with van der Waals surface area (Å²) in [5.41, 5.74) is 0. The van der Waals surface area contributed by atoms with E-state index < -0.39 is 6.10 Å². The number of thiophene rings is 1. The fourth-order valence-corrected chi connectivity index (χ4v) is 2.98. The summed E-state index contributed by atoms with van der Waals surface area (Å²) in [6.07, 6.45) is 0.490. The predicted molar refractivity (Wildman–Crippen MR) is 68.5 cm³/mol. The van der Waals surface area contributed by atoms with Crippen molar-refractivity contribution in [3.8, 4) is 0 Å². The van der Waals surface area contributed by atoms with Crippen LogP contribution in [-0.4, -0.2) is 48.2 Å². The van der Waals surface area contributed by atoms with Crippen molar-refractivity contribution in [2.45, 2.75) is 25.5 Å². The Bertz CT molecular complexity index is 405. The van der Waals surface area contributed by atoms with E-state index in [2.05, 4.69) is 12.2 Å². The zero-order valence-electron chi connectivity index (χ0n) is 10.1. The molecule has 0 bridgehead atoms. The van der Waals surface area contributed by atoms with Crippen LogP contribution in [0.25, 0.3) is 0 Å². The quantitative estimate of drug-likeness (QED) is 0.835. The number of nitrogens with zero attached hydrogens (tertiary/aromatic N) is 1. The average molecular weight is 254 g/mol. The first-order chi connectivity index (χ1) is 8.13.